The van der Waals surface area contributed by atoms with Crippen LogP contribution >= 0.6 is 0 Å². The molecule has 0 saturated carbocycles. The molecule has 19 heavy (non-hydrogen) atoms. The van der Waals surface area contributed by atoms with Gasteiger partial charge in [-0.05, 0) is 12.6 Å². The molecule has 1 unspecified atom stereocenters. The third kappa shape index (κ3) is 3.94. The molecule has 2 N–H and O–H groups in total. The molecular formula is C13H20BNO4. The van der Waals surface area contributed by atoms with Crippen molar-refractivity contribution in [2.24, 2.45) is 0 Å². The van der Waals surface area contributed by atoms with Crippen molar-refractivity contribution >= 4 is 12.6 Å². The first-order chi connectivity index (χ1) is 9.20. The lowest BCUT2D eigenvalue weighted by atomic mass is 9.79. The number of para-hydroxylation sites is 1. The van der Waals surface area contributed by atoms with Crippen molar-refractivity contribution in [1.29, 1.82) is 0 Å². The topological polar surface area (TPSA) is 62.2 Å². The third-order valence-corrected chi connectivity index (χ3v) is 3.29. The second-order valence-electron chi connectivity index (χ2n) is 4.61. The molecule has 0 aromatic heterocycles. The maximum absolute atomic E-state index is 9.26. The van der Waals surface area contributed by atoms with Gasteiger partial charge in [0.15, 0.2) is 0 Å². The fourth-order valence-corrected chi connectivity index (χ4v) is 2.18. The van der Waals surface area contributed by atoms with Crippen LogP contribution in [0.3, 0.4) is 0 Å². The lowest BCUT2D eigenvalue weighted by molar-refractivity contribution is -0.0462. The lowest BCUT2D eigenvalue weighted by Crippen LogP contribution is -2.45. The average Bonchev–Trinajstić information content (AvgIpc) is 2.45. The molecule has 104 valence electrons. The Kier molecular flexibility index (Phi) is 5.21. The van der Waals surface area contributed by atoms with E-state index in [9.17, 15) is 10.0 Å². The number of nitrogens with zero attached hydrogens (tertiary/aromatic N) is 1. The van der Waals surface area contributed by atoms with E-state index < -0.39 is 7.12 Å². The Hall–Kier alpha value is -1.08. The van der Waals surface area contributed by atoms with Crippen LogP contribution in [0.4, 0.5) is 0 Å². The van der Waals surface area contributed by atoms with E-state index in [1.807, 2.05) is 0 Å². The van der Waals surface area contributed by atoms with Gasteiger partial charge in [-0.3, -0.25) is 4.90 Å². The summed E-state index contributed by atoms with van der Waals surface area (Å²) in [5.74, 6) is 0.495. The quantitative estimate of drug-likeness (QED) is 0.700. The summed E-state index contributed by atoms with van der Waals surface area (Å²) in [5.41, 5.74) is 0.380. The van der Waals surface area contributed by atoms with E-state index in [1.165, 1.54) is 0 Å². The van der Waals surface area contributed by atoms with Crippen LogP contribution in [-0.2, 0) is 4.74 Å². The number of hydrogen-bond acceptors (Lipinski definition) is 5. The van der Waals surface area contributed by atoms with Gasteiger partial charge in [0.1, 0.15) is 18.5 Å². The van der Waals surface area contributed by atoms with Crippen LogP contribution in [0.2, 0.25) is 0 Å². The summed E-state index contributed by atoms with van der Waals surface area (Å²) in [7, 11) is -1.52. The predicted molar refractivity (Wildman–Crippen MR) is 73.6 cm³/mol. The molecule has 0 aliphatic carbocycles. The molecule has 0 spiro atoms. The van der Waals surface area contributed by atoms with Crippen molar-refractivity contribution < 1.29 is 19.5 Å². The highest BCUT2D eigenvalue weighted by Gasteiger charge is 2.21. The second-order valence-corrected chi connectivity index (χ2v) is 4.61. The summed E-state index contributed by atoms with van der Waals surface area (Å²) < 4.78 is 11.3. The van der Waals surface area contributed by atoms with Crippen LogP contribution in [0.5, 0.6) is 5.75 Å². The Morgan fingerprint density at radius 1 is 1.42 bits per heavy atom. The maximum atomic E-state index is 9.26. The SMILES string of the molecule is CCN1CCOC(COc2ccccc2B(O)O)C1. The molecule has 5 nitrogen and oxygen atoms in total. The number of morpholine rings is 1. The van der Waals surface area contributed by atoms with Crippen LogP contribution in [-0.4, -0.2) is 61.0 Å². The highest BCUT2D eigenvalue weighted by Crippen LogP contribution is 2.10. The number of benzene rings is 1. The van der Waals surface area contributed by atoms with E-state index in [-0.39, 0.29) is 6.10 Å². The van der Waals surface area contributed by atoms with Crippen molar-refractivity contribution in [3.8, 4) is 5.75 Å². The maximum Gasteiger partial charge on any atom is 0.492 e. The van der Waals surface area contributed by atoms with Gasteiger partial charge in [0.05, 0.1) is 6.61 Å². The first kappa shape index (κ1) is 14.3. The van der Waals surface area contributed by atoms with Crippen LogP contribution in [0.25, 0.3) is 0 Å². The average molecular weight is 265 g/mol. The van der Waals surface area contributed by atoms with Crippen LogP contribution in [0.15, 0.2) is 24.3 Å². The highest BCUT2D eigenvalue weighted by molar-refractivity contribution is 6.59. The Morgan fingerprint density at radius 2 is 2.21 bits per heavy atom. The number of likely N-dealkylation sites (N-methyl/N-ethyl adjacent to an activating group) is 1. The van der Waals surface area contributed by atoms with Gasteiger partial charge in [-0.15, -0.1) is 0 Å². The monoisotopic (exact) mass is 265 g/mol. The van der Waals surface area contributed by atoms with E-state index in [4.69, 9.17) is 9.47 Å². The third-order valence-electron chi connectivity index (χ3n) is 3.29. The Morgan fingerprint density at radius 3 is 2.95 bits per heavy atom. The first-order valence-corrected chi connectivity index (χ1v) is 6.62. The molecule has 6 heteroatoms. The molecule has 1 aliphatic heterocycles. The predicted octanol–water partition coefficient (Wildman–Crippen LogP) is -0.534. The van der Waals surface area contributed by atoms with Crippen molar-refractivity contribution in [2.75, 3.05) is 32.8 Å². The minimum Gasteiger partial charge on any atom is -0.491 e. The van der Waals surface area contributed by atoms with E-state index in [2.05, 4.69) is 11.8 Å². The molecule has 2 rings (SSSR count). The van der Waals surface area contributed by atoms with Crippen molar-refractivity contribution in [3.63, 3.8) is 0 Å². The molecule has 0 amide bonds. The van der Waals surface area contributed by atoms with Crippen molar-refractivity contribution in [1.82, 2.24) is 4.90 Å². The summed E-state index contributed by atoms with van der Waals surface area (Å²) in [4.78, 5) is 2.31. The van der Waals surface area contributed by atoms with E-state index in [0.717, 1.165) is 19.6 Å². The summed E-state index contributed by atoms with van der Waals surface area (Å²) in [6.45, 7) is 6.07. The van der Waals surface area contributed by atoms with E-state index in [0.29, 0.717) is 24.4 Å². The fourth-order valence-electron chi connectivity index (χ4n) is 2.18. The van der Waals surface area contributed by atoms with Gasteiger partial charge in [0.25, 0.3) is 0 Å². The van der Waals surface area contributed by atoms with E-state index >= 15 is 0 Å². The van der Waals surface area contributed by atoms with Gasteiger partial charge in [0, 0.05) is 18.6 Å². The van der Waals surface area contributed by atoms with Gasteiger partial charge in [0.2, 0.25) is 0 Å². The van der Waals surface area contributed by atoms with Gasteiger partial charge in [-0.1, -0.05) is 25.1 Å². The standard InChI is InChI=1S/C13H20BNO4/c1-2-15-7-8-18-11(9-15)10-19-13-6-4-3-5-12(13)14(16)17/h3-6,11,16-17H,2,7-10H2,1H3. The smallest absolute Gasteiger partial charge is 0.491 e. The van der Waals surface area contributed by atoms with Gasteiger partial charge in [-0.25, -0.2) is 0 Å². The molecule has 0 bridgehead atoms. The second kappa shape index (κ2) is 6.91. The zero-order valence-corrected chi connectivity index (χ0v) is 11.2. The molecule has 1 heterocycles. The van der Waals surface area contributed by atoms with Crippen LogP contribution in [0, 0.1) is 0 Å². The molecular weight excluding hydrogens is 245 g/mol. The summed E-state index contributed by atoms with van der Waals surface area (Å²) in [5, 5.41) is 18.5. The summed E-state index contributed by atoms with van der Waals surface area (Å²) >= 11 is 0. The Balaban J connectivity index is 1.91. The fraction of sp³-hybridized carbons (Fsp3) is 0.538. The summed E-state index contributed by atoms with van der Waals surface area (Å²) in [6, 6.07) is 6.92. The molecule has 1 atom stereocenters. The first-order valence-electron chi connectivity index (χ1n) is 6.62. The largest absolute Gasteiger partial charge is 0.492 e. The molecule has 1 saturated heterocycles. The Bertz CT molecular complexity index is 402. The minimum absolute atomic E-state index is 0.0255. The highest BCUT2D eigenvalue weighted by atomic mass is 16.5. The number of ether oxygens (including phenoxy) is 2. The zero-order valence-electron chi connectivity index (χ0n) is 11.2. The van der Waals surface area contributed by atoms with Crippen molar-refractivity contribution in [3.05, 3.63) is 24.3 Å². The van der Waals surface area contributed by atoms with E-state index in [1.54, 1.807) is 24.3 Å². The number of hydrogen-bond donors (Lipinski definition) is 2. The molecule has 0 radical (unpaired) electrons. The number of rotatable bonds is 5. The normalized spacial score (nSPS) is 20.3. The zero-order chi connectivity index (χ0) is 13.7. The molecule has 1 aromatic rings. The molecule has 1 aromatic carbocycles. The van der Waals surface area contributed by atoms with Crippen LogP contribution < -0.4 is 10.2 Å². The van der Waals surface area contributed by atoms with Gasteiger partial charge in [-0.2, -0.15) is 0 Å². The van der Waals surface area contributed by atoms with Gasteiger partial charge >= 0.3 is 7.12 Å². The minimum atomic E-state index is -1.52. The van der Waals surface area contributed by atoms with Crippen LogP contribution in [0.1, 0.15) is 6.92 Å². The molecule has 1 aliphatic rings. The Labute approximate surface area is 113 Å². The molecule has 1 fully saturated rings. The summed E-state index contributed by atoms with van der Waals surface area (Å²) in [6.07, 6.45) is 0.0255. The van der Waals surface area contributed by atoms with Crippen molar-refractivity contribution in [2.45, 2.75) is 13.0 Å². The lowest BCUT2D eigenvalue weighted by Gasteiger charge is -2.32. The van der Waals surface area contributed by atoms with Gasteiger partial charge < -0.3 is 19.5 Å².